The molecule has 4 aromatic rings. The second-order valence-corrected chi connectivity index (χ2v) is 7.67. The number of nitriles is 1. The topological polar surface area (TPSA) is 112 Å². The van der Waals surface area contributed by atoms with Crippen molar-refractivity contribution in [3.05, 3.63) is 81.7 Å². The summed E-state index contributed by atoms with van der Waals surface area (Å²) >= 11 is 6.42. The van der Waals surface area contributed by atoms with Crippen LogP contribution in [0.4, 0.5) is 22.0 Å². The number of nitrogens with zero attached hydrogens (tertiary/aromatic N) is 3. The third-order valence-electron chi connectivity index (χ3n) is 5.13. The molecule has 33 heavy (non-hydrogen) atoms. The van der Waals surface area contributed by atoms with E-state index >= 15 is 0 Å². The predicted molar refractivity (Wildman–Crippen MR) is 131 cm³/mol. The van der Waals surface area contributed by atoms with E-state index in [9.17, 15) is 9.59 Å². The number of benzene rings is 2. The van der Waals surface area contributed by atoms with Crippen LogP contribution in [0.5, 0.6) is 0 Å². The maximum atomic E-state index is 13.1. The molecule has 164 valence electrons. The fourth-order valence-corrected chi connectivity index (χ4v) is 3.68. The van der Waals surface area contributed by atoms with E-state index in [1.54, 1.807) is 79.5 Å². The van der Waals surface area contributed by atoms with Gasteiger partial charge in [-0.2, -0.15) is 5.26 Å². The molecule has 3 N–H and O–H groups in total. The van der Waals surface area contributed by atoms with Crippen LogP contribution in [0.25, 0.3) is 22.0 Å². The molecule has 0 aliphatic heterocycles. The lowest BCUT2D eigenvalue weighted by Crippen LogP contribution is -2.20. The number of nitrogens with one attached hydrogen (secondary N) is 3. The summed E-state index contributed by atoms with van der Waals surface area (Å²) in [5.74, 6) is 0.654. The molecule has 0 saturated carbocycles. The van der Waals surface area contributed by atoms with Gasteiger partial charge in [-0.25, -0.2) is 9.78 Å². The quantitative estimate of drug-likeness (QED) is 0.406. The van der Waals surface area contributed by atoms with Crippen molar-refractivity contribution in [2.45, 2.75) is 0 Å². The first-order valence-electron chi connectivity index (χ1n) is 9.95. The maximum Gasteiger partial charge on any atom is 0.323 e. The van der Waals surface area contributed by atoms with Crippen molar-refractivity contribution in [2.75, 3.05) is 23.0 Å². The van der Waals surface area contributed by atoms with Crippen LogP contribution < -0.4 is 21.5 Å². The van der Waals surface area contributed by atoms with Gasteiger partial charge in [0.2, 0.25) is 0 Å². The van der Waals surface area contributed by atoms with Gasteiger partial charge in [0.15, 0.2) is 0 Å². The van der Waals surface area contributed by atoms with Crippen LogP contribution in [0.2, 0.25) is 5.02 Å². The highest BCUT2D eigenvalue weighted by Gasteiger charge is 2.14. The Morgan fingerprint density at radius 1 is 1.06 bits per heavy atom. The van der Waals surface area contributed by atoms with Gasteiger partial charge in [-0.3, -0.25) is 4.79 Å². The van der Waals surface area contributed by atoms with Gasteiger partial charge in [-0.05, 0) is 42.5 Å². The van der Waals surface area contributed by atoms with Crippen LogP contribution in [0.1, 0.15) is 5.56 Å². The molecule has 0 saturated heterocycles. The number of fused-ring (bicyclic) bond motifs is 1. The molecule has 0 radical (unpaired) electrons. The predicted octanol–water partition coefficient (Wildman–Crippen LogP) is 4.81. The molecule has 2 aromatic carbocycles. The Bertz CT molecular complexity index is 1490. The molecular weight excluding hydrogens is 440 g/mol. The summed E-state index contributed by atoms with van der Waals surface area (Å²) in [7, 11) is 3.45. The summed E-state index contributed by atoms with van der Waals surface area (Å²) < 4.78 is 1.54. The second kappa shape index (κ2) is 9.02. The first-order valence-corrected chi connectivity index (χ1v) is 10.3. The zero-order valence-electron chi connectivity index (χ0n) is 17.8. The van der Waals surface area contributed by atoms with Crippen LogP contribution >= 0.6 is 11.6 Å². The molecule has 8 nitrogen and oxygen atoms in total. The summed E-state index contributed by atoms with van der Waals surface area (Å²) in [6.07, 6.45) is 1.68. The number of carbonyl (C=O) groups is 1. The Hall–Kier alpha value is -4.35. The zero-order valence-corrected chi connectivity index (χ0v) is 18.6. The van der Waals surface area contributed by atoms with Gasteiger partial charge in [0.25, 0.3) is 5.56 Å². The lowest BCUT2D eigenvalue weighted by atomic mass is 10.0. The van der Waals surface area contributed by atoms with Crippen molar-refractivity contribution in [3.8, 4) is 17.2 Å². The molecular formula is C24H19ClN6O2. The van der Waals surface area contributed by atoms with Crippen LogP contribution in [0.15, 0.2) is 65.6 Å². The molecule has 0 aliphatic carbocycles. The number of anilines is 3. The monoisotopic (exact) mass is 458 g/mol. The van der Waals surface area contributed by atoms with Crippen LogP contribution in [0.3, 0.4) is 0 Å². The van der Waals surface area contributed by atoms with Crippen LogP contribution in [0, 0.1) is 11.3 Å². The van der Waals surface area contributed by atoms with Gasteiger partial charge in [0.1, 0.15) is 5.82 Å². The molecule has 0 aliphatic rings. The molecule has 0 bridgehead atoms. The molecule has 0 fully saturated rings. The van der Waals surface area contributed by atoms with E-state index in [0.717, 1.165) is 10.9 Å². The number of urea groups is 1. The summed E-state index contributed by atoms with van der Waals surface area (Å²) in [6, 6.07) is 16.6. The lowest BCUT2D eigenvalue weighted by molar-refractivity contribution is 0.262. The van der Waals surface area contributed by atoms with Crippen molar-refractivity contribution in [2.24, 2.45) is 7.05 Å². The van der Waals surface area contributed by atoms with Gasteiger partial charge in [0.05, 0.1) is 17.1 Å². The SMILES string of the molecule is CNc1cc2c(cn1)cc(-c1cc(NC(=O)Nc3cccc(C#N)c3)ccc1Cl)c(=O)n2C. The Morgan fingerprint density at radius 2 is 1.82 bits per heavy atom. The van der Waals surface area contributed by atoms with Crippen LogP contribution in [-0.2, 0) is 7.05 Å². The fourth-order valence-electron chi connectivity index (χ4n) is 3.46. The van der Waals surface area contributed by atoms with Crippen molar-refractivity contribution < 1.29 is 4.79 Å². The minimum Gasteiger partial charge on any atom is -0.373 e. The normalized spacial score (nSPS) is 10.5. The van der Waals surface area contributed by atoms with Gasteiger partial charge in [-0.1, -0.05) is 17.7 Å². The van der Waals surface area contributed by atoms with Crippen molar-refractivity contribution in [3.63, 3.8) is 0 Å². The number of aromatic nitrogens is 2. The molecule has 2 heterocycles. The van der Waals surface area contributed by atoms with Crippen molar-refractivity contribution >= 4 is 45.7 Å². The number of hydrogen-bond acceptors (Lipinski definition) is 5. The van der Waals surface area contributed by atoms with E-state index in [-0.39, 0.29) is 5.56 Å². The van der Waals surface area contributed by atoms with E-state index in [4.69, 9.17) is 16.9 Å². The lowest BCUT2D eigenvalue weighted by Gasteiger charge is -2.13. The average Bonchev–Trinajstić information content (AvgIpc) is 2.82. The van der Waals surface area contributed by atoms with Crippen LogP contribution in [-0.4, -0.2) is 22.6 Å². The maximum absolute atomic E-state index is 13.1. The largest absolute Gasteiger partial charge is 0.373 e. The molecule has 4 rings (SSSR count). The molecule has 9 heteroatoms. The summed E-state index contributed by atoms with van der Waals surface area (Å²) in [4.78, 5) is 29.9. The van der Waals surface area contributed by atoms with E-state index in [1.165, 1.54) is 0 Å². The highest BCUT2D eigenvalue weighted by Crippen LogP contribution is 2.30. The third kappa shape index (κ3) is 4.49. The Labute approximate surface area is 194 Å². The first kappa shape index (κ1) is 21.9. The number of pyridine rings is 2. The Kier molecular flexibility index (Phi) is 5.98. The third-order valence-corrected chi connectivity index (χ3v) is 5.46. The molecule has 0 unspecified atom stereocenters. The van der Waals surface area contributed by atoms with Gasteiger partial charge >= 0.3 is 6.03 Å². The smallest absolute Gasteiger partial charge is 0.323 e. The number of halogens is 1. The van der Waals surface area contributed by atoms with Gasteiger partial charge in [-0.15, -0.1) is 0 Å². The molecule has 2 amide bonds. The first-order chi connectivity index (χ1) is 15.9. The van der Waals surface area contributed by atoms with Gasteiger partial charge in [0, 0.05) is 59.3 Å². The minimum absolute atomic E-state index is 0.229. The summed E-state index contributed by atoms with van der Waals surface area (Å²) in [5, 5.41) is 18.5. The molecule has 0 spiro atoms. The van der Waals surface area contributed by atoms with E-state index < -0.39 is 6.03 Å². The van der Waals surface area contributed by atoms with E-state index in [1.807, 2.05) is 6.07 Å². The number of aryl methyl sites for hydroxylation is 1. The van der Waals surface area contributed by atoms with E-state index in [2.05, 4.69) is 20.9 Å². The minimum atomic E-state index is -0.492. The molecule has 0 atom stereocenters. The second-order valence-electron chi connectivity index (χ2n) is 7.27. The standard InChI is InChI=1S/C24H19ClN6O2/c1-27-22-11-21-15(13-28-22)9-19(23(32)31(21)2)18-10-17(6-7-20(18)25)30-24(33)29-16-5-3-4-14(8-16)12-26/h3-11,13H,1-2H3,(H,27,28)(H2,29,30,33). The Morgan fingerprint density at radius 3 is 2.55 bits per heavy atom. The fraction of sp³-hybridized carbons (Fsp3) is 0.0833. The number of hydrogen-bond donors (Lipinski definition) is 3. The number of rotatable bonds is 4. The van der Waals surface area contributed by atoms with Crippen molar-refractivity contribution in [1.82, 2.24) is 9.55 Å². The average molecular weight is 459 g/mol. The van der Waals surface area contributed by atoms with Crippen molar-refractivity contribution in [1.29, 1.82) is 5.26 Å². The van der Waals surface area contributed by atoms with Gasteiger partial charge < -0.3 is 20.5 Å². The summed E-state index contributed by atoms with van der Waals surface area (Å²) in [6.45, 7) is 0. The highest BCUT2D eigenvalue weighted by atomic mass is 35.5. The number of carbonyl (C=O) groups excluding carboxylic acids is 1. The van der Waals surface area contributed by atoms with E-state index in [0.29, 0.717) is 38.9 Å². The highest BCUT2D eigenvalue weighted by molar-refractivity contribution is 6.33. The zero-order chi connectivity index (χ0) is 23.5. The number of amides is 2. The summed E-state index contributed by atoms with van der Waals surface area (Å²) in [5.41, 5.74) is 2.75. The Balaban J connectivity index is 1.67. The molecule has 2 aromatic heterocycles.